The Labute approximate surface area is 70.8 Å². The summed E-state index contributed by atoms with van der Waals surface area (Å²) in [7, 11) is 0. The average molecular weight is 191 g/mol. The normalized spacial score (nSPS) is 10.5. The van der Waals surface area contributed by atoms with Crippen LogP contribution >= 0.6 is 0 Å². The van der Waals surface area contributed by atoms with E-state index in [1.807, 2.05) is 0 Å². The Balaban J connectivity index is 3.13. The van der Waals surface area contributed by atoms with Gasteiger partial charge in [-0.3, -0.25) is 4.98 Å². The molecule has 1 heterocycles. The predicted molar refractivity (Wildman–Crippen MR) is 36.1 cm³/mol. The van der Waals surface area contributed by atoms with E-state index in [2.05, 4.69) is 4.98 Å². The maximum absolute atomic E-state index is 12.7. The minimum atomic E-state index is -3.04. The second kappa shape index (κ2) is 3.42. The molecule has 0 fully saturated rings. The van der Waals surface area contributed by atoms with Crippen LogP contribution in [0.4, 0.5) is 13.2 Å². The topological polar surface area (TPSA) is 50.2 Å². The van der Waals surface area contributed by atoms with E-state index in [1.54, 1.807) is 0 Å². The highest BCUT2D eigenvalue weighted by atomic mass is 19.3. The van der Waals surface area contributed by atoms with Crippen molar-refractivity contribution >= 4 is 5.97 Å². The lowest BCUT2D eigenvalue weighted by atomic mass is 10.2. The molecule has 0 atom stereocenters. The van der Waals surface area contributed by atoms with E-state index in [1.165, 1.54) is 0 Å². The Kier molecular flexibility index (Phi) is 2.50. The Morgan fingerprint density at radius 2 is 2.15 bits per heavy atom. The van der Waals surface area contributed by atoms with Gasteiger partial charge in [0.05, 0.1) is 5.56 Å². The van der Waals surface area contributed by atoms with Crippen molar-refractivity contribution in [2.75, 3.05) is 0 Å². The van der Waals surface area contributed by atoms with Crippen LogP contribution in [0, 0.1) is 5.82 Å². The van der Waals surface area contributed by atoms with Gasteiger partial charge in [0.1, 0.15) is 5.69 Å². The van der Waals surface area contributed by atoms with Gasteiger partial charge >= 0.3 is 5.97 Å². The van der Waals surface area contributed by atoms with Gasteiger partial charge in [0.2, 0.25) is 0 Å². The van der Waals surface area contributed by atoms with E-state index in [4.69, 9.17) is 5.11 Å². The smallest absolute Gasteiger partial charge is 0.337 e. The molecule has 0 bridgehead atoms. The summed E-state index contributed by atoms with van der Waals surface area (Å²) in [6.45, 7) is 0. The molecule has 0 aromatic carbocycles. The van der Waals surface area contributed by atoms with Gasteiger partial charge in [0, 0.05) is 6.20 Å². The van der Waals surface area contributed by atoms with Gasteiger partial charge in [-0.25, -0.2) is 18.0 Å². The molecule has 1 aromatic rings. The van der Waals surface area contributed by atoms with Crippen molar-refractivity contribution in [3.8, 4) is 0 Å². The molecule has 0 unspecified atom stereocenters. The first-order chi connectivity index (χ1) is 6.02. The van der Waals surface area contributed by atoms with Gasteiger partial charge in [0.25, 0.3) is 6.43 Å². The zero-order valence-corrected chi connectivity index (χ0v) is 6.17. The predicted octanol–water partition coefficient (Wildman–Crippen LogP) is 1.86. The number of nitrogens with zero attached hydrogens (tertiary/aromatic N) is 1. The molecule has 6 heteroatoms. The summed E-state index contributed by atoms with van der Waals surface area (Å²) in [5, 5.41) is 8.34. The highest BCUT2D eigenvalue weighted by molar-refractivity contribution is 5.87. The lowest BCUT2D eigenvalue weighted by Crippen LogP contribution is -2.02. The molecule has 3 nitrogen and oxygen atoms in total. The average Bonchev–Trinajstić information content (AvgIpc) is 2.03. The Morgan fingerprint density at radius 3 is 2.54 bits per heavy atom. The summed E-state index contributed by atoms with van der Waals surface area (Å²) in [6.07, 6.45) is -2.35. The van der Waals surface area contributed by atoms with Crippen LogP contribution in [0.25, 0.3) is 0 Å². The largest absolute Gasteiger partial charge is 0.478 e. The summed E-state index contributed by atoms with van der Waals surface area (Å²) < 4.78 is 36.5. The van der Waals surface area contributed by atoms with E-state index < -0.39 is 29.5 Å². The minimum absolute atomic E-state index is 0.457. The van der Waals surface area contributed by atoms with Crippen molar-refractivity contribution in [3.63, 3.8) is 0 Å². The lowest BCUT2D eigenvalue weighted by Gasteiger charge is -2.00. The summed E-state index contributed by atoms with van der Waals surface area (Å²) >= 11 is 0. The SMILES string of the molecule is O=C(O)c1cnc(C(F)F)c(F)c1. The van der Waals surface area contributed by atoms with Gasteiger partial charge < -0.3 is 5.11 Å². The van der Waals surface area contributed by atoms with E-state index in [9.17, 15) is 18.0 Å². The van der Waals surface area contributed by atoms with Crippen LogP contribution < -0.4 is 0 Å². The fraction of sp³-hybridized carbons (Fsp3) is 0.143. The number of halogens is 3. The number of hydrogen-bond acceptors (Lipinski definition) is 2. The summed E-state index contributed by atoms with van der Waals surface area (Å²) in [6, 6.07) is 0.511. The van der Waals surface area contributed by atoms with Crippen molar-refractivity contribution in [1.29, 1.82) is 0 Å². The van der Waals surface area contributed by atoms with E-state index in [0.717, 1.165) is 0 Å². The molecule has 0 aliphatic carbocycles. The third-order valence-electron chi connectivity index (χ3n) is 1.32. The van der Waals surface area contributed by atoms with Crippen LogP contribution in [-0.4, -0.2) is 16.1 Å². The monoisotopic (exact) mass is 191 g/mol. The number of aromatic nitrogens is 1. The van der Waals surface area contributed by atoms with Gasteiger partial charge in [-0.2, -0.15) is 0 Å². The Hall–Kier alpha value is -1.59. The molecule has 0 aliphatic heterocycles. The quantitative estimate of drug-likeness (QED) is 0.776. The summed E-state index contributed by atoms with van der Waals surface area (Å²) in [5.41, 5.74) is -1.49. The number of rotatable bonds is 2. The number of carbonyl (C=O) groups is 1. The van der Waals surface area contributed by atoms with Crippen LogP contribution in [-0.2, 0) is 0 Å². The molecular weight excluding hydrogens is 187 g/mol. The number of carboxylic acids is 1. The first kappa shape index (κ1) is 9.50. The standard InChI is InChI=1S/C7H4F3NO2/c8-4-1-3(7(12)13)2-11-5(4)6(9)10/h1-2,6H,(H,12,13). The first-order valence-corrected chi connectivity index (χ1v) is 3.19. The van der Waals surface area contributed by atoms with Crippen molar-refractivity contribution < 1.29 is 23.1 Å². The van der Waals surface area contributed by atoms with Gasteiger partial charge in [-0.1, -0.05) is 0 Å². The number of alkyl halides is 2. The third-order valence-corrected chi connectivity index (χ3v) is 1.32. The number of hydrogen-bond donors (Lipinski definition) is 1. The maximum atomic E-state index is 12.7. The van der Waals surface area contributed by atoms with Crippen LogP contribution in [0.15, 0.2) is 12.3 Å². The Bertz CT molecular complexity index is 341. The van der Waals surface area contributed by atoms with Crippen LogP contribution in [0.2, 0.25) is 0 Å². The van der Waals surface area contributed by atoms with Crippen molar-refractivity contribution in [2.45, 2.75) is 6.43 Å². The highest BCUT2D eigenvalue weighted by Crippen LogP contribution is 2.19. The highest BCUT2D eigenvalue weighted by Gasteiger charge is 2.16. The molecule has 0 aliphatic rings. The lowest BCUT2D eigenvalue weighted by molar-refractivity contribution is 0.0694. The molecule has 70 valence electrons. The van der Waals surface area contributed by atoms with Crippen molar-refractivity contribution in [3.05, 3.63) is 29.3 Å². The number of carboxylic acid groups (broad SMARTS) is 1. The third kappa shape index (κ3) is 1.95. The molecule has 0 spiro atoms. The molecule has 0 amide bonds. The van der Waals surface area contributed by atoms with E-state index in [0.29, 0.717) is 12.3 Å². The maximum Gasteiger partial charge on any atom is 0.337 e. The van der Waals surface area contributed by atoms with Crippen LogP contribution in [0.1, 0.15) is 22.5 Å². The fourth-order valence-electron chi connectivity index (χ4n) is 0.726. The number of aromatic carboxylic acids is 1. The zero-order valence-electron chi connectivity index (χ0n) is 6.17. The fourth-order valence-corrected chi connectivity index (χ4v) is 0.726. The second-order valence-electron chi connectivity index (χ2n) is 2.20. The summed E-state index contributed by atoms with van der Waals surface area (Å²) in [4.78, 5) is 13.2. The number of pyridine rings is 1. The molecule has 0 radical (unpaired) electrons. The summed E-state index contributed by atoms with van der Waals surface area (Å²) in [5.74, 6) is -2.72. The van der Waals surface area contributed by atoms with Gasteiger partial charge in [0.15, 0.2) is 5.82 Å². The molecule has 0 saturated heterocycles. The van der Waals surface area contributed by atoms with Crippen LogP contribution in [0.3, 0.4) is 0 Å². The zero-order chi connectivity index (χ0) is 10.0. The van der Waals surface area contributed by atoms with Gasteiger partial charge in [-0.05, 0) is 6.07 Å². The molecular formula is C7H4F3NO2. The van der Waals surface area contributed by atoms with Gasteiger partial charge in [-0.15, -0.1) is 0 Å². The van der Waals surface area contributed by atoms with E-state index in [-0.39, 0.29) is 0 Å². The molecule has 1 rings (SSSR count). The first-order valence-electron chi connectivity index (χ1n) is 3.19. The Morgan fingerprint density at radius 1 is 1.54 bits per heavy atom. The molecule has 13 heavy (non-hydrogen) atoms. The van der Waals surface area contributed by atoms with Crippen molar-refractivity contribution in [2.24, 2.45) is 0 Å². The second-order valence-corrected chi connectivity index (χ2v) is 2.20. The van der Waals surface area contributed by atoms with Crippen LogP contribution in [0.5, 0.6) is 0 Å². The molecule has 1 aromatic heterocycles. The minimum Gasteiger partial charge on any atom is -0.478 e. The molecule has 1 N–H and O–H groups in total. The van der Waals surface area contributed by atoms with E-state index >= 15 is 0 Å². The van der Waals surface area contributed by atoms with Crippen molar-refractivity contribution in [1.82, 2.24) is 4.98 Å². The molecule has 0 saturated carbocycles.